The summed E-state index contributed by atoms with van der Waals surface area (Å²) < 4.78 is 30.7. The number of carbonyl (C=O) groups is 2. The van der Waals surface area contributed by atoms with Crippen molar-refractivity contribution in [1.82, 2.24) is 10.5 Å². The van der Waals surface area contributed by atoms with Gasteiger partial charge in [0.2, 0.25) is 5.76 Å². The number of hydrogen-bond acceptors (Lipinski definition) is 7. The van der Waals surface area contributed by atoms with Crippen molar-refractivity contribution in [1.29, 1.82) is 0 Å². The first-order valence-electron chi connectivity index (χ1n) is 13.8. The maximum atomic E-state index is 14.4. The van der Waals surface area contributed by atoms with Crippen molar-refractivity contribution in [2.24, 2.45) is 5.41 Å². The number of hydrogen-bond donors (Lipinski definition) is 2. The molecule has 8 nitrogen and oxygen atoms in total. The first-order valence-corrected chi connectivity index (χ1v) is 14.1. The third-order valence-electron chi connectivity index (χ3n) is 6.73. The Labute approximate surface area is 255 Å². The topological polar surface area (TPSA) is 111 Å². The first kappa shape index (κ1) is 33.3. The summed E-state index contributed by atoms with van der Waals surface area (Å²) in [7, 11) is 0. The van der Waals surface area contributed by atoms with Crippen molar-refractivity contribution in [2.75, 3.05) is 13.2 Å². The van der Waals surface area contributed by atoms with Gasteiger partial charge in [0.1, 0.15) is 12.4 Å². The van der Waals surface area contributed by atoms with Crippen LogP contribution < -0.4 is 5.32 Å². The minimum Gasteiger partial charge on any atom is -0.491 e. The molecule has 0 aliphatic rings. The average molecular weight is 611 g/mol. The highest BCUT2D eigenvalue weighted by atomic mass is 35.5. The Kier molecular flexibility index (Phi) is 12.3. The number of benzene rings is 2. The van der Waals surface area contributed by atoms with Gasteiger partial charge >= 0.3 is 5.97 Å². The SMILES string of the molecule is C=C/C(=C\C=C(/C)c1cc(Cl)ccc1F)C[C@H](CC(C)(COCC)C(=O)OCc1ccccc1)NC(=O)c1cc(O)no1. The van der Waals surface area contributed by atoms with Crippen molar-refractivity contribution in [3.63, 3.8) is 0 Å². The van der Waals surface area contributed by atoms with E-state index in [1.165, 1.54) is 12.1 Å². The van der Waals surface area contributed by atoms with Gasteiger partial charge in [-0.15, -0.1) is 0 Å². The molecule has 1 unspecified atom stereocenters. The minimum absolute atomic E-state index is 0.0484. The van der Waals surface area contributed by atoms with E-state index in [2.05, 4.69) is 17.1 Å². The zero-order valence-corrected chi connectivity index (χ0v) is 25.2. The Morgan fingerprint density at radius 3 is 2.60 bits per heavy atom. The van der Waals surface area contributed by atoms with Gasteiger partial charge in [-0.3, -0.25) is 9.59 Å². The lowest BCUT2D eigenvalue weighted by Crippen LogP contribution is -2.44. The summed E-state index contributed by atoms with van der Waals surface area (Å²) >= 11 is 6.06. The first-order chi connectivity index (χ1) is 20.5. The molecule has 0 spiro atoms. The number of esters is 1. The van der Waals surface area contributed by atoms with E-state index in [0.717, 1.165) is 11.6 Å². The molecular formula is C33H36ClFN2O6. The highest BCUT2D eigenvalue weighted by Gasteiger charge is 2.38. The quantitative estimate of drug-likeness (QED) is 0.140. The van der Waals surface area contributed by atoms with Gasteiger partial charge in [-0.1, -0.05) is 66.7 Å². The molecule has 10 heteroatoms. The lowest BCUT2D eigenvalue weighted by Gasteiger charge is -2.31. The largest absolute Gasteiger partial charge is 0.491 e. The molecular weight excluding hydrogens is 575 g/mol. The van der Waals surface area contributed by atoms with Gasteiger partial charge in [-0.05, 0) is 73.7 Å². The molecule has 1 aromatic heterocycles. The van der Waals surface area contributed by atoms with Crippen molar-refractivity contribution in [3.05, 3.63) is 113 Å². The number of amides is 1. The molecule has 0 radical (unpaired) electrons. The van der Waals surface area contributed by atoms with E-state index in [0.29, 0.717) is 28.3 Å². The summed E-state index contributed by atoms with van der Waals surface area (Å²) in [6, 6.07) is 14.1. The number of ether oxygens (including phenoxy) is 2. The van der Waals surface area contributed by atoms with Gasteiger partial charge in [0, 0.05) is 23.2 Å². The van der Waals surface area contributed by atoms with Crippen molar-refractivity contribution >= 4 is 29.1 Å². The zero-order valence-electron chi connectivity index (χ0n) is 24.4. The van der Waals surface area contributed by atoms with E-state index in [4.69, 9.17) is 25.6 Å². The van der Waals surface area contributed by atoms with E-state index >= 15 is 0 Å². The van der Waals surface area contributed by atoms with E-state index < -0.39 is 35.0 Å². The van der Waals surface area contributed by atoms with Gasteiger partial charge in [0.15, 0.2) is 0 Å². The van der Waals surface area contributed by atoms with Crippen LogP contribution in [0.15, 0.2) is 89.5 Å². The normalized spacial score (nSPS) is 14.1. The van der Waals surface area contributed by atoms with Gasteiger partial charge in [-0.25, -0.2) is 4.39 Å². The molecule has 0 bridgehead atoms. The van der Waals surface area contributed by atoms with E-state index in [1.807, 2.05) is 37.3 Å². The molecule has 1 amide bonds. The van der Waals surface area contributed by atoms with Crippen LogP contribution in [0.25, 0.3) is 5.57 Å². The van der Waals surface area contributed by atoms with Gasteiger partial charge in [0.05, 0.1) is 18.1 Å². The molecule has 2 aromatic carbocycles. The number of aromatic nitrogens is 1. The molecule has 0 saturated carbocycles. The van der Waals surface area contributed by atoms with Crippen LogP contribution in [0.3, 0.4) is 0 Å². The van der Waals surface area contributed by atoms with Gasteiger partial charge in [-0.2, -0.15) is 0 Å². The molecule has 2 atom stereocenters. The summed E-state index contributed by atoms with van der Waals surface area (Å²) in [5.74, 6) is -2.17. The molecule has 2 N–H and O–H groups in total. The second-order valence-electron chi connectivity index (χ2n) is 10.3. The van der Waals surface area contributed by atoms with E-state index in [-0.39, 0.29) is 31.8 Å². The third kappa shape index (κ3) is 9.94. The number of carbonyl (C=O) groups excluding carboxylic acids is 2. The maximum absolute atomic E-state index is 14.4. The summed E-state index contributed by atoms with van der Waals surface area (Å²) in [5.41, 5.74) is 1.37. The minimum atomic E-state index is -1.14. The summed E-state index contributed by atoms with van der Waals surface area (Å²) in [5, 5.41) is 16.2. The molecule has 0 aliphatic carbocycles. The molecule has 0 fully saturated rings. The predicted octanol–water partition coefficient (Wildman–Crippen LogP) is 7.05. The summed E-state index contributed by atoms with van der Waals surface area (Å²) in [4.78, 5) is 26.5. The molecule has 1 heterocycles. The van der Waals surface area contributed by atoms with Crippen LogP contribution in [-0.4, -0.2) is 41.4 Å². The fourth-order valence-electron chi connectivity index (χ4n) is 4.40. The van der Waals surface area contributed by atoms with E-state index in [1.54, 1.807) is 38.1 Å². The second kappa shape index (κ2) is 15.9. The Bertz CT molecular complexity index is 1470. The van der Waals surface area contributed by atoms with Gasteiger partial charge < -0.3 is 24.4 Å². The lowest BCUT2D eigenvalue weighted by molar-refractivity contribution is -0.161. The van der Waals surface area contributed by atoms with Gasteiger partial charge in [0.25, 0.3) is 11.8 Å². The number of halogens is 2. The van der Waals surface area contributed by atoms with Crippen molar-refractivity contribution in [2.45, 2.75) is 46.3 Å². The maximum Gasteiger partial charge on any atom is 0.314 e. The lowest BCUT2D eigenvalue weighted by atomic mass is 9.82. The molecule has 3 rings (SSSR count). The Morgan fingerprint density at radius 2 is 1.95 bits per heavy atom. The van der Waals surface area contributed by atoms with Crippen LogP contribution in [0.4, 0.5) is 4.39 Å². The van der Waals surface area contributed by atoms with Crippen molar-refractivity contribution in [3.8, 4) is 5.88 Å². The van der Waals surface area contributed by atoms with Crippen LogP contribution >= 0.6 is 11.6 Å². The number of allylic oxidation sites excluding steroid dienone is 4. The smallest absolute Gasteiger partial charge is 0.314 e. The number of rotatable bonds is 15. The average Bonchev–Trinajstić information content (AvgIpc) is 3.44. The molecule has 43 heavy (non-hydrogen) atoms. The molecule has 3 aromatic rings. The van der Waals surface area contributed by atoms with Crippen LogP contribution in [0.5, 0.6) is 5.88 Å². The number of aromatic hydroxyl groups is 1. The number of nitrogens with zero attached hydrogens (tertiary/aromatic N) is 1. The molecule has 0 saturated heterocycles. The summed E-state index contributed by atoms with van der Waals surface area (Å²) in [6.45, 7) is 9.70. The van der Waals surface area contributed by atoms with Crippen LogP contribution in [0.1, 0.15) is 55.3 Å². The van der Waals surface area contributed by atoms with Crippen LogP contribution in [0, 0.1) is 11.2 Å². The number of nitrogens with one attached hydrogen (secondary N) is 1. The van der Waals surface area contributed by atoms with Crippen molar-refractivity contribution < 1.29 is 33.1 Å². The molecule has 0 aliphatic heterocycles. The van der Waals surface area contributed by atoms with E-state index in [9.17, 15) is 19.1 Å². The zero-order chi connectivity index (χ0) is 31.4. The third-order valence-corrected chi connectivity index (χ3v) is 6.96. The Morgan fingerprint density at radius 1 is 1.21 bits per heavy atom. The predicted molar refractivity (Wildman–Crippen MR) is 163 cm³/mol. The Balaban J connectivity index is 1.89. The Hall–Kier alpha value is -4.21. The fraction of sp³-hybridized carbons (Fsp3) is 0.303. The second-order valence-corrected chi connectivity index (χ2v) is 10.7. The summed E-state index contributed by atoms with van der Waals surface area (Å²) in [6.07, 6.45) is 5.47. The molecule has 228 valence electrons. The fourth-order valence-corrected chi connectivity index (χ4v) is 4.57. The highest BCUT2D eigenvalue weighted by molar-refractivity contribution is 6.30. The standard InChI is InChI=1S/C33H36ClFN2O6/c1-5-23(13-12-22(3)27-17-25(34)14-15-28(27)35)16-26(36-31(39)29-18-30(38)37-43-29)19-33(4,21-41-6-2)32(40)42-20-24-10-8-7-9-11-24/h5,7-15,17-18,26H,1,6,16,19-21H2,2-4H3,(H,36,39)(H,37,38)/b22-12+,23-13+/t26-,33?/m1/s1. The highest BCUT2D eigenvalue weighted by Crippen LogP contribution is 2.30. The monoisotopic (exact) mass is 610 g/mol. The van der Waals surface area contributed by atoms with Crippen LogP contribution in [0.2, 0.25) is 5.02 Å². The van der Waals surface area contributed by atoms with Crippen LogP contribution in [-0.2, 0) is 20.9 Å².